The van der Waals surface area contributed by atoms with Gasteiger partial charge in [-0.25, -0.2) is 9.59 Å². The van der Waals surface area contributed by atoms with Crippen LogP contribution in [0.5, 0.6) is 11.5 Å². The van der Waals surface area contributed by atoms with Crippen molar-refractivity contribution in [3.63, 3.8) is 0 Å². The number of carbonyl (C=O) groups excluding carboxylic acids is 3. The predicted molar refractivity (Wildman–Crippen MR) is 120 cm³/mol. The fraction of sp³-hybridized carbons (Fsp3) is 0.261. The molecule has 9 nitrogen and oxygen atoms in total. The molecule has 0 saturated heterocycles. The number of benzene rings is 2. The van der Waals surface area contributed by atoms with Crippen LogP contribution >= 0.6 is 11.6 Å². The standard InChI is InChI=1S/C23H22ClN3O6/c1-3-32-17-7-5-4-6-14(17)21-20-16(12-33-22(20)29)27(23(30)26-21)11-19(28)25-15-10-13(24)8-9-18(15)31-2/h4-10,21H,3,11-12H2,1-2H3,(H,25,28)(H,26,30). The summed E-state index contributed by atoms with van der Waals surface area (Å²) in [7, 11) is 1.47. The van der Waals surface area contributed by atoms with Crippen molar-refractivity contribution in [2.24, 2.45) is 0 Å². The second kappa shape index (κ2) is 9.41. The molecule has 0 aliphatic carbocycles. The summed E-state index contributed by atoms with van der Waals surface area (Å²) in [6, 6.07) is 10.7. The maximum Gasteiger partial charge on any atom is 0.338 e. The van der Waals surface area contributed by atoms with Gasteiger partial charge in [0, 0.05) is 10.6 Å². The second-order valence-electron chi connectivity index (χ2n) is 7.27. The molecule has 0 spiro atoms. The zero-order valence-corrected chi connectivity index (χ0v) is 18.8. The Labute approximate surface area is 195 Å². The molecule has 172 valence electrons. The molecule has 2 aliphatic heterocycles. The summed E-state index contributed by atoms with van der Waals surface area (Å²) < 4.78 is 16.1. The van der Waals surface area contributed by atoms with Gasteiger partial charge in [0.2, 0.25) is 5.91 Å². The molecule has 3 amide bonds. The average molecular weight is 472 g/mol. The molecule has 2 N–H and O–H groups in total. The van der Waals surface area contributed by atoms with Crippen LogP contribution in [0.2, 0.25) is 5.02 Å². The summed E-state index contributed by atoms with van der Waals surface area (Å²) in [6.07, 6.45) is 0. The molecule has 1 atom stereocenters. The van der Waals surface area contributed by atoms with Crippen LogP contribution in [0.3, 0.4) is 0 Å². The van der Waals surface area contributed by atoms with Gasteiger partial charge in [0.1, 0.15) is 24.7 Å². The van der Waals surface area contributed by atoms with Gasteiger partial charge >= 0.3 is 12.0 Å². The predicted octanol–water partition coefficient (Wildman–Crippen LogP) is 3.26. The maximum absolute atomic E-state index is 13.0. The van der Waals surface area contributed by atoms with E-state index in [0.29, 0.717) is 40.1 Å². The Kier molecular flexibility index (Phi) is 6.41. The van der Waals surface area contributed by atoms with Crippen LogP contribution in [0.15, 0.2) is 53.7 Å². The molecule has 2 aliphatic rings. The molecule has 0 fully saturated rings. The van der Waals surface area contributed by atoms with E-state index in [1.165, 1.54) is 12.0 Å². The van der Waals surface area contributed by atoms with Crippen LogP contribution in [-0.2, 0) is 14.3 Å². The third-order valence-electron chi connectivity index (χ3n) is 5.27. The zero-order valence-electron chi connectivity index (χ0n) is 18.0. The first-order valence-corrected chi connectivity index (χ1v) is 10.6. The molecule has 1 unspecified atom stereocenters. The van der Waals surface area contributed by atoms with Crippen molar-refractivity contribution in [1.29, 1.82) is 0 Å². The third kappa shape index (κ3) is 4.45. The summed E-state index contributed by atoms with van der Waals surface area (Å²) in [5.41, 5.74) is 1.61. The van der Waals surface area contributed by atoms with E-state index in [2.05, 4.69) is 10.6 Å². The minimum Gasteiger partial charge on any atom is -0.495 e. The smallest absolute Gasteiger partial charge is 0.338 e. The van der Waals surface area contributed by atoms with Gasteiger partial charge in [0.05, 0.1) is 36.7 Å². The Hall–Kier alpha value is -3.72. The molecular formula is C23H22ClN3O6. The van der Waals surface area contributed by atoms with E-state index < -0.39 is 23.9 Å². The third-order valence-corrected chi connectivity index (χ3v) is 5.50. The van der Waals surface area contributed by atoms with Crippen LogP contribution in [0.4, 0.5) is 10.5 Å². The molecule has 33 heavy (non-hydrogen) atoms. The largest absolute Gasteiger partial charge is 0.495 e. The van der Waals surface area contributed by atoms with E-state index in [4.69, 9.17) is 25.8 Å². The van der Waals surface area contributed by atoms with Crippen molar-refractivity contribution >= 4 is 35.2 Å². The second-order valence-corrected chi connectivity index (χ2v) is 7.71. The average Bonchev–Trinajstić information content (AvgIpc) is 3.18. The molecule has 4 rings (SSSR count). The first-order valence-electron chi connectivity index (χ1n) is 10.3. The van der Waals surface area contributed by atoms with Gasteiger partial charge < -0.3 is 24.8 Å². The summed E-state index contributed by atoms with van der Waals surface area (Å²) in [4.78, 5) is 39.6. The first-order chi connectivity index (χ1) is 15.9. The summed E-state index contributed by atoms with van der Waals surface area (Å²) in [6.45, 7) is 1.83. The number of para-hydroxylation sites is 1. The van der Waals surface area contributed by atoms with Crippen LogP contribution in [0.1, 0.15) is 18.5 Å². The number of hydrogen-bond acceptors (Lipinski definition) is 6. The minimum atomic E-state index is -0.752. The van der Waals surface area contributed by atoms with Gasteiger partial charge in [0.25, 0.3) is 0 Å². The van der Waals surface area contributed by atoms with Gasteiger partial charge in [-0.1, -0.05) is 29.8 Å². The van der Waals surface area contributed by atoms with Crippen molar-refractivity contribution in [3.8, 4) is 11.5 Å². The van der Waals surface area contributed by atoms with Crippen molar-refractivity contribution < 1.29 is 28.6 Å². The van der Waals surface area contributed by atoms with Crippen LogP contribution in [-0.4, -0.2) is 49.7 Å². The fourth-order valence-corrected chi connectivity index (χ4v) is 4.00. The molecule has 2 heterocycles. The fourth-order valence-electron chi connectivity index (χ4n) is 3.83. The number of rotatable bonds is 7. The van der Waals surface area contributed by atoms with Crippen molar-refractivity contribution in [1.82, 2.24) is 10.2 Å². The van der Waals surface area contributed by atoms with Crippen molar-refractivity contribution in [3.05, 3.63) is 64.3 Å². The van der Waals surface area contributed by atoms with E-state index in [1.807, 2.05) is 13.0 Å². The van der Waals surface area contributed by atoms with E-state index in [1.54, 1.807) is 36.4 Å². The molecule has 0 aromatic heterocycles. The van der Waals surface area contributed by atoms with Gasteiger partial charge in [0.15, 0.2) is 0 Å². The number of halogens is 1. The van der Waals surface area contributed by atoms with Crippen molar-refractivity contribution in [2.45, 2.75) is 13.0 Å². The summed E-state index contributed by atoms with van der Waals surface area (Å²) >= 11 is 6.02. The van der Waals surface area contributed by atoms with Gasteiger partial charge in [-0.2, -0.15) is 0 Å². The van der Waals surface area contributed by atoms with Crippen molar-refractivity contribution in [2.75, 3.05) is 32.2 Å². The van der Waals surface area contributed by atoms with E-state index in [-0.39, 0.29) is 18.7 Å². The highest BCUT2D eigenvalue weighted by Crippen LogP contribution is 2.38. The van der Waals surface area contributed by atoms with Gasteiger partial charge in [-0.05, 0) is 31.2 Å². The number of nitrogens with zero attached hydrogens (tertiary/aromatic N) is 1. The van der Waals surface area contributed by atoms with E-state index in [0.717, 1.165) is 0 Å². The SMILES string of the molecule is CCOc1ccccc1C1NC(=O)N(CC(=O)Nc2cc(Cl)ccc2OC)C2=C1C(=O)OC2. The number of methoxy groups -OCH3 is 1. The topological polar surface area (TPSA) is 106 Å². The Morgan fingerprint density at radius 1 is 1.24 bits per heavy atom. The molecule has 2 aromatic carbocycles. The molecule has 0 saturated carbocycles. The Morgan fingerprint density at radius 2 is 2.03 bits per heavy atom. The highest BCUT2D eigenvalue weighted by Gasteiger charge is 2.43. The minimum absolute atomic E-state index is 0.108. The lowest BCUT2D eigenvalue weighted by Gasteiger charge is -2.33. The lowest BCUT2D eigenvalue weighted by Crippen LogP contribution is -2.49. The normalized spacial score (nSPS) is 17.3. The Morgan fingerprint density at radius 3 is 2.79 bits per heavy atom. The van der Waals surface area contributed by atoms with Gasteiger partial charge in [-0.15, -0.1) is 0 Å². The summed E-state index contributed by atoms with van der Waals surface area (Å²) in [5.74, 6) is -0.0767. The monoisotopic (exact) mass is 471 g/mol. The van der Waals surface area contributed by atoms with Crippen LogP contribution < -0.4 is 20.1 Å². The number of amides is 3. The highest BCUT2D eigenvalue weighted by atomic mass is 35.5. The number of anilines is 1. The van der Waals surface area contributed by atoms with Crippen LogP contribution in [0.25, 0.3) is 0 Å². The molecule has 2 aromatic rings. The molecular weight excluding hydrogens is 450 g/mol. The number of urea groups is 1. The number of cyclic esters (lactones) is 1. The molecule has 0 bridgehead atoms. The maximum atomic E-state index is 13.0. The lowest BCUT2D eigenvalue weighted by atomic mass is 9.95. The quantitative estimate of drug-likeness (QED) is 0.600. The zero-order chi connectivity index (χ0) is 23.5. The van der Waals surface area contributed by atoms with E-state index in [9.17, 15) is 14.4 Å². The van der Waals surface area contributed by atoms with Crippen LogP contribution in [0, 0.1) is 0 Å². The lowest BCUT2D eigenvalue weighted by molar-refractivity contribution is -0.136. The Balaban J connectivity index is 1.62. The number of nitrogens with one attached hydrogen (secondary N) is 2. The molecule has 0 radical (unpaired) electrons. The Bertz CT molecular complexity index is 1150. The van der Waals surface area contributed by atoms with E-state index >= 15 is 0 Å². The number of carbonyl (C=O) groups is 3. The number of hydrogen-bond donors (Lipinski definition) is 2. The summed E-state index contributed by atoms with van der Waals surface area (Å²) in [5, 5.41) is 5.91. The first kappa shape index (κ1) is 22.5. The molecule has 10 heteroatoms. The number of esters is 1. The van der Waals surface area contributed by atoms with Gasteiger partial charge in [-0.3, -0.25) is 9.69 Å². The highest BCUT2D eigenvalue weighted by molar-refractivity contribution is 6.31. The number of ether oxygens (including phenoxy) is 3.